The molecule has 8 nitrogen and oxygen atoms in total. The number of carbonyl (C=O) groups excluding carboxylic acids is 2. The standard InChI is InChI=1S/C22H32O8/c1-12-16(24)26-18-15-14(17(27-18)25-13(2)23)7-10-21(28-22(12,15)30-29-21)20(5)9-6-8-19(3,4)11-20/h12,14-15,17-18H,6-11H2,1-5H3/t12-,14+,15?,17?,18?,20-,21?,22?/m0/s1. The Morgan fingerprint density at radius 1 is 1.13 bits per heavy atom. The van der Waals surface area contributed by atoms with Gasteiger partial charge in [0.1, 0.15) is 5.92 Å². The lowest BCUT2D eigenvalue weighted by atomic mass is 9.60. The molecular formula is C22H32O8. The van der Waals surface area contributed by atoms with E-state index < -0.39 is 47.9 Å². The minimum atomic E-state index is -1.32. The van der Waals surface area contributed by atoms with Crippen molar-refractivity contribution >= 4 is 11.9 Å². The van der Waals surface area contributed by atoms with E-state index in [1.165, 1.54) is 6.92 Å². The summed E-state index contributed by atoms with van der Waals surface area (Å²) in [6, 6.07) is 0. The van der Waals surface area contributed by atoms with E-state index in [0.29, 0.717) is 12.8 Å². The fourth-order valence-corrected chi connectivity index (χ4v) is 6.74. The van der Waals surface area contributed by atoms with Crippen molar-refractivity contribution < 1.29 is 38.3 Å². The average molecular weight is 424 g/mol. The first-order valence-electron chi connectivity index (χ1n) is 11.1. The lowest BCUT2D eigenvalue weighted by molar-refractivity contribution is -0.400. The van der Waals surface area contributed by atoms with Gasteiger partial charge < -0.3 is 18.9 Å². The summed E-state index contributed by atoms with van der Waals surface area (Å²) in [5.74, 6) is -4.52. The normalized spacial score (nSPS) is 51.6. The largest absolute Gasteiger partial charge is 0.435 e. The first kappa shape index (κ1) is 20.7. The van der Waals surface area contributed by atoms with Crippen molar-refractivity contribution in [2.75, 3.05) is 0 Å². The molecule has 0 aromatic heterocycles. The molecule has 1 spiro atoms. The van der Waals surface area contributed by atoms with Gasteiger partial charge in [0.2, 0.25) is 24.2 Å². The predicted molar refractivity (Wildman–Crippen MR) is 101 cm³/mol. The zero-order chi connectivity index (χ0) is 21.5. The van der Waals surface area contributed by atoms with Gasteiger partial charge in [0.15, 0.2) is 0 Å². The summed E-state index contributed by atoms with van der Waals surface area (Å²) in [4.78, 5) is 36.5. The SMILES string of the molecule is CC(=O)OC1OC2OC(=O)[C@H](C)C34OOC([C@@]5(C)CCCC(C)(C)C5)(CC[C@@H]1C23)O4. The van der Waals surface area contributed by atoms with Gasteiger partial charge in [-0.15, -0.1) is 0 Å². The third kappa shape index (κ3) is 2.73. The van der Waals surface area contributed by atoms with Crippen molar-refractivity contribution in [3.05, 3.63) is 0 Å². The lowest BCUT2D eigenvalue weighted by Crippen LogP contribution is -2.60. The Labute approximate surface area is 176 Å². The summed E-state index contributed by atoms with van der Waals surface area (Å²) in [5, 5.41) is 0. The van der Waals surface area contributed by atoms with Gasteiger partial charge in [-0.25, -0.2) is 0 Å². The molecule has 0 amide bonds. The predicted octanol–water partition coefficient (Wildman–Crippen LogP) is 3.43. The molecule has 0 aromatic rings. The van der Waals surface area contributed by atoms with Gasteiger partial charge in [0.25, 0.3) is 0 Å². The highest BCUT2D eigenvalue weighted by atomic mass is 17.3. The van der Waals surface area contributed by atoms with Crippen LogP contribution >= 0.6 is 0 Å². The van der Waals surface area contributed by atoms with Crippen LogP contribution < -0.4 is 0 Å². The van der Waals surface area contributed by atoms with Crippen LogP contribution in [0.5, 0.6) is 0 Å². The van der Waals surface area contributed by atoms with Crippen molar-refractivity contribution in [3.8, 4) is 0 Å². The first-order valence-corrected chi connectivity index (χ1v) is 11.1. The summed E-state index contributed by atoms with van der Waals surface area (Å²) in [6.07, 6.45) is 3.66. The van der Waals surface area contributed by atoms with Crippen LogP contribution in [0, 0.1) is 28.6 Å². The summed E-state index contributed by atoms with van der Waals surface area (Å²) >= 11 is 0. The molecule has 2 bridgehead atoms. The fraction of sp³-hybridized carbons (Fsp3) is 0.909. The Balaban J connectivity index is 1.56. The molecule has 0 radical (unpaired) electrons. The van der Waals surface area contributed by atoms with Crippen LogP contribution in [0.15, 0.2) is 0 Å². The van der Waals surface area contributed by atoms with Gasteiger partial charge >= 0.3 is 11.9 Å². The van der Waals surface area contributed by atoms with Gasteiger partial charge in [-0.1, -0.05) is 27.2 Å². The smallest absolute Gasteiger partial charge is 0.316 e. The zero-order valence-electron chi connectivity index (χ0n) is 18.4. The Morgan fingerprint density at radius 2 is 1.90 bits per heavy atom. The summed E-state index contributed by atoms with van der Waals surface area (Å²) < 4.78 is 23.6. The van der Waals surface area contributed by atoms with Crippen LogP contribution in [0.4, 0.5) is 0 Å². The Kier molecular flexibility index (Phi) is 4.41. The second-order valence-electron chi connectivity index (χ2n) is 10.9. The van der Waals surface area contributed by atoms with E-state index in [1.54, 1.807) is 6.92 Å². The maximum absolute atomic E-state index is 12.7. The number of ether oxygens (including phenoxy) is 4. The average Bonchev–Trinajstić information content (AvgIpc) is 3.11. The first-order chi connectivity index (χ1) is 14.0. The minimum Gasteiger partial charge on any atom is -0.435 e. The lowest BCUT2D eigenvalue weighted by Gasteiger charge is -2.50. The quantitative estimate of drug-likeness (QED) is 0.492. The highest BCUT2D eigenvalue weighted by Gasteiger charge is 2.76. The van der Waals surface area contributed by atoms with Gasteiger partial charge in [-0.2, -0.15) is 9.78 Å². The maximum atomic E-state index is 12.7. The molecule has 0 aromatic carbocycles. The highest BCUT2D eigenvalue weighted by molar-refractivity contribution is 5.74. The molecule has 168 valence electrons. The maximum Gasteiger partial charge on any atom is 0.316 e. The van der Waals surface area contributed by atoms with Crippen molar-refractivity contribution in [2.24, 2.45) is 28.6 Å². The number of hydrogen-bond acceptors (Lipinski definition) is 8. The van der Waals surface area contributed by atoms with E-state index in [-0.39, 0.29) is 16.7 Å². The molecule has 30 heavy (non-hydrogen) atoms. The monoisotopic (exact) mass is 424 g/mol. The van der Waals surface area contributed by atoms with Gasteiger partial charge in [0.05, 0.1) is 5.92 Å². The number of fused-ring (bicyclic) bond motifs is 1. The molecule has 4 aliphatic heterocycles. The Morgan fingerprint density at radius 3 is 2.60 bits per heavy atom. The zero-order valence-corrected chi connectivity index (χ0v) is 18.4. The van der Waals surface area contributed by atoms with Crippen molar-refractivity contribution in [1.29, 1.82) is 0 Å². The molecule has 5 fully saturated rings. The van der Waals surface area contributed by atoms with Gasteiger partial charge in [-0.05, 0) is 38.0 Å². The van der Waals surface area contributed by atoms with Crippen LogP contribution in [0.3, 0.4) is 0 Å². The van der Waals surface area contributed by atoms with Crippen molar-refractivity contribution in [3.63, 3.8) is 0 Å². The molecule has 8 heteroatoms. The van der Waals surface area contributed by atoms with Crippen molar-refractivity contribution in [2.45, 2.75) is 97.3 Å². The summed E-state index contributed by atoms with van der Waals surface area (Å²) in [5.41, 5.74) is -0.110. The number of esters is 2. The molecular weight excluding hydrogens is 392 g/mol. The van der Waals surface area contributed by atoms with E-state index in [2.05, 4.69) is 20.8 Å². The van der Waals surface area contributed by atoms with E-state index >= 15 is 0 Å². The topological polar surface area (TPSA) is 89.5 Å². The third-order valence-corrected chi connectivity index (χ3v) is 8.12. The molecule has 4 heterocycles. The molecule has 0 N–H and O–H groups in total. The van der Waals surface area contributed by atoms with Gasteiger partial charge in [0, 0.05) is 24.7 Å². The molecule has 1 aliphatic carbocycles. The summed E-state index contributed by atoms with van der Waals surface area (Å²) in [7, 11) is 0. The number of hydrogen-bond donors (Lipinski definition) is 0. The van der Waals surface area contributed by atoms with Crippen LogP contribution in [-0.4, -0.2) is 36.1 Å². The second kappa shape index (κ2) is 6.40. The van der Waals surface area contributed by atoms with Crippen LogP contribution in [0.1, 0.15) is 73.1 Å². The van der Waals surface area contributed by atoms with Crippen molar-refractivity contribution in [1.82, 2.24) is 0 Å². The van der Waals surface area contributed by atoms with E-state index in [0.717, 1.165) is 25.7 Å². The van der Waals surface area contributed by atoms with E-state index in [4.69, 9.17) is 28.7 Å². The Bertz CT molecular complexity index is 766. The number of rotatable bonds is 2. The van der Waals surface area contributed by atoms with Crippen LogP contribution in [-0.2, 0) is 38.3 Å². The molecule has 1 saturated carbocycles. The minimum absolute atomic E-state index is 0.162. The van der Waals surface area contributed by atoms with E-state index in [1.807, 2.05) is 0 Å². The van der Waals surface area contributed by atoms with Gasteiger partial charge in [-0.3, -0.25) is 9.59 Å². The van der Waals surface area contributed by atoms with Crippen LogP contribution in [0.25, 0.3) is 0 Å². The fourth-order valence-electron chi connectivity index (χ4n) is 6.74. The number of carbonyl (C=O) groups is 2. The molecule has 5 aliphatic rings. The van der Waals surface area contributed by atoms with Crippen LogP contribution in [0.2, 0.25) is 0 Å². The Hall–Kier alpha value is -1.22. The summed E-state index contributed by atoms with van der Waals surface area (Å²) in [6.45, 7) is 9.85. The molecule has 4 saturated heterocycles. The molecule has 5 rings (SSSR count). The highest BCUT2D eigenvalue weighted by Crippen LogP contribution is 2.65. The molecule has 5 unspecified atom stereocenters. The third-order valence-electron chi connectivity index (χ3n) is 8.12. The molecule has 8 atom stereocenters. The second-order valence-corrected chi connectivity index (χ2v) is 10.9. The van der Waals surface area contributed by atoms with E-state index in [9.17, 15) is 9.59 Å².